The molecule has 1 fully saturated rings. The largest absolute Gasteiger partial charge is 0.573 e. The van der Waals surface area contributed by atoms with Crippen LogP contribution in [0.15, 0.2) is 42.5 Å². The van der Waals surface area contributed by atoms with Gasteiger partial charge in [-0.3, -0.25) is 14.5 Å². The van der Waals surface area contributed by atoms with Crippen molar-refractivity contribution in [2.24, 2.45) is 0 Å². The normalized spacial score (nSPS) is 22.6. The number of carbonyl (C=O) groups excluding carboxylic acids is 2. The quantitative estimate of drug-likeness (QED) is 0.737. The molecule has 176 valence electrons. The van der Waals surface area contributed by atoms with Gasteiger partial charge in [0.25, 0.3) is 5.91 Å². The Labute approximate surface area is 189 Å². The van der Waals surface area contributed by atoms with Gasteiger partial charge in [-0.1, -0.05) is 18.2 Å². The number of methoxy groups -OCH3 is 1. The van der Waals surface area contributed by atoms with Crippen molar-refractivity contribution in [2.45, 2.75) is 30.8 Å². The average Bonchev–Trinajstić information content (AvgIpc) is 3.34. The van der Waals surface area contributed by atoms with Gasteiger partial charge in [0.2, 0.25) is 5.91 Å². The smallest absolute Gasteiger partial charge is 0.496 e. The molecule has 0 aliphatic carbocycles. The minimum atomic E-state index is -4.89. The second kappa shape index (κ2) is 8.26. The zero-order valence-corrected chi connectivity index (χ0v) is 18.4. The van der Waals surface area contributed by atoms with E-state index in [4.69, 9.17) is 4.74 Å². The Kier molecular flexibility index (Phi) is 5.73. The van der Waals surface area contributed by atoms with Crippen LogP contribution in [0.5, 0.6) is 11.5 Å². The van der Waals surface area contributed by atoms with Gasteiger partial charge in [-0.25, -0.2) is 0 Å². The Balaban J connectivity index is 1.99. The number of halogens is 3. The Morgan fingerprint density at radius 2 is 1.91 bits per heavy atom. The maximum Gasteiger partial charge on any atom is 0.573 e. The highest BCUT2D eigenvalue weighted by molar-refractivity contribution is 6.09. The van der Waals surface area contributed by atoms with Gasteiger partial charge in [0.1, 0.15) is 11.5 Å². The summed E-state index contributed by atoms with van der Waals surface area (Å²) in [6, 6.07) is 9.93. The van der Waals surface area contributed by atoms with Gasteiger partial charge in [0.15, 0.2) is 5.54 Å². The van der Waals surface area contributed by atoms with Crippen LogP contribution < -0.4 is 14.8 Å². The number of benzene rings is 2. The number of nitrogens with zero attached hydrogens (tertiary/aromatic N) is 2. The van der Waals surface area contributed by atoms with Crippen LogP contribution in [0.4, 0.5) is 18.9 Å². The number of likely N-dealkylation sites (N-methyl/N-ethyl adjacent to an activating group) is 1. The molecule has 0 spiro atoms. The Bertz CT molecular complexity index is 1090. The van der Waals surface area contributed by atoms with Gasteiger partial charge in [-0.15, -0.1) is 13.2 Å². The predicted molar refractivity (Wildman–Crippen MR) is 114 cm³/mol. The van der Waals surface area contributed by atoms with Gasteiger partial charge in [0, 0.05) is 37.5 Å². The summed E-state index contributed by atoms with van der Waals surface area (Å²) in [6.07, 6.45) is -3.74. The molecule has 10 heteroatoms. The van der Waals surface area contributed by atoms with E-state index < -0.39 is 29.6 Å². The summed E-state index contributed by atoms with van der Waals surface area (Å²) in [6.45, 7) is 0.388. The van der Waals surface area contributed by atoms with Gasteiger partial charge < -0.3 is 19.7 Å². The summed E-state index contributed by atoms with van der Waals surface area (Å²) in [5, 5.41) is 2.80. The van der Waals surface area contributed by atoms with Gasteiger partial charge >= 0.3 is 6.36 Å². The number of likely N-dealkylation sites (tertiary alicyclic amines) is 1. The molecule has 1 unspecified atom stereocenters. The molecule has 2 aliphatic rings. The van der Waals surface area contributed by atoms with Crippen LogP contribution in [0.2, 0.25) is 0 Å². The minimum Gasteiger partial charge on any atom is -0.496 e. The topological polar surface area (TPSA) is 71.1 Å². The summed E-state index contributed by atoms with van der Waals surface area (Å²) >= 11 is 0. The first-order valence-electron chi connectivity index (χ1n) is 10.4. The number of rotatable bonds is 5. The van der Waals surface area contributed by atoms with Crippen LogP contribution in [-0.4, -0.2) is 61.8 Å². The molecule has 4 rings (SSSR count). The highest BCUT2D eigenvalue weighted by atomic mass is 19.4. The number of para-hydroxylation sites is 1. The van der Waals surface area contributed by atoms with E-state index in [1.165, 1.54) is 24.1 Å². The number of ether oxygens (including phenoxy) is 2. The number of alkyl halides is 3. The number of carbonyl (C=O) groups is 2. The molecule has 2 aliphatic heterocycles. The molecule has 2 amide bonds. The van der Waals surface area contributed by atoms with Crippen LogP contribution in [0.25, 0.3) is 0 Å². The number of hydrogen-bond acceptors (Lipinski definition) is 5. The summed E-state index contributed by atoms with van der Waals surface area (Å²) in [7, 11) is 4.72. The highest BCUT2D eigenvalue weighted by Gasteiger charge is 2.58. The molecule has 0 radical (unpaired) electrons. The standard InChI is InChI=1S/C23H24F3N3O4/c1-28(2)20(30)18-8-6-12-29(18)22(15-7-4-5-9-19(15)32-3)16-13-14(33-23(24,25)26)10-11-17(16)27-21(22)31/h4-5,7,9-11,13,18H,6,8,12H2,1-3H3,(H,27,31)/t18-,22?/m0/s1. The number of nitrogens with one attached hydrogen (secondary N) is 1. The van der Waals surface area contributed by atoms with Crippen molar-refractivity contribution in [3.63, 3.8) is 0 Å². The van der Waals surface area contributed by atoms with E-state index >= 15 is 0 Å². The molecule has 0 bridgehead atoms. The highest BCUT2D eigenvalue weighted by Crippen LogP contribution is 2.51. The number of anilines is 1. The molecule has 1 saturated heterocycles. The monoisotopic (exact) mass is 463 g/mol. The maximum absolute atomic E-state index is 13.7. The molecule has 2 atom stereocenters. The zero-order valence-electron chi connectivity index (χ0n) is 18.4. The van der Waals surface area contributed by atoms with E-state index in [0.29, 0.717) is 36.4 Å². The maximum atomic E-state index is 13.7. The molecule has 2 aromatic rings. The van der Waals surface area contributed by atoms with E-state index in [2.05, 4.69) is 10.1 Å². The van der Waals surface area contributed by atoms with Crippen molar-refractivity contribution in [1.29, 1.82) is 0 Å². The third-order valence-corrected chi connectivity index (χ3v) is 6.10. The van der Waals surface area contributed by atoms with Crippen LogP contribution in [0, 0.1) is 0 Å². The summed E-state index contributed by atoms with van der Waals surface area (Å²) in [5.41, 5.74) is -0.522. The van der Waals surface area contributed by atoms with Crippen molar-refractivity contribution >= 4 is 17.5 Å². The molecule has 2 heterocycles. The van der Waals surface area contributed by atoms with Crippen LogP contribution >= 0.6 is 0 Å². The molecule has 1 N–H and O–H groups in total. The van der Waals surface area contributed by atoms with Gasteiger partial charge in [-0.2, -0.15) is 0 Å². The van der Waals surface area contributed by atoms with E-state index in [0.717, 1.165) is 6.07 Å². The average molecular weight is 463 g/mol. The molecule has 2 aromatic carbocycles. The minimum absolute atomic E-state index is 0.189. The second-order valence-corrected chi connectivity index (χ2v) is 8.20. The fourth-order valence-corrected chi connectivity index (χ4v) is 4.84. The van der Waals surface area contributed by atoms with E-state index in [1.54, 1.807) is 43.3 Å². The summed E-state index contributed by atoms with van der Waals surface area (Å²) in [5.74, 6) is -0.729. The first-order chi connectivity index (χ1) is 15.6. The summed E-state index contributed by atoms with van der Waals surface area (Å²) in [4.78, 5) is 30.0. The van der Waals surface area contributed by atoms with Gasteiger partial charge in [-0.05, 0) is 37.1 Å². The van der Waals surface area contributed by atoms with E-state index in [-0.39, 0.29) is 11.5 Å². The lowest BCUT2D eigenvalue weighted by Crippen LogP contribution is -2.57. The second-order valence-electron chi connectivity index (χ2n) is 8.20. The fourth-order valence-electron chi connectivity index (χ4n) is 4.84. The summed E-state index contributed by atoms with van der Waals surface area (Å²) < 4.78 is 48.6. The molecular weight excluding hydrogens is 439 g/mol. The Morgan fingerprint density at radius 1 is 1.18 bits per heavy atom. The Hall–Kier alpha value is -3.27. The lowest BCUT2D eigenvalue weighted by molar-refractivity contribution is -0.274. The van der Waals surface area contributed by atoms with Gasteiger partial charge in [0.05, 0.1) is 13.2 Å². The molecule has 0 saturated carbocycles. The molecule has 33 heavy (non-hydrogen) atoms. The lowest BCUT2D eigenvalue weighted by Gasteiger charge is -2.41. The predicted octanol–water partition coefficient (Wildman–Crippen LogP) is 3.34. The Morgan fingerprint density at radius 3 is 2.58 bits per heavy atom. The van der Waals surface area contributed by atoms with E-state index in [1.807, 2.05) is 0 Å². The van der Waals surface area contributed by atoms with Crippen molar-refractivity contribution in [3.8, 4) is 11.5 Å². The first-order valence-corrected chi connectivity index (χ1v) is 10.4. The SMILES string of the molecule is COc1ccccc1C1(N2CCC[C@H]2C(=O)N(C)C)C(=O)Nc2ccc(OC(F)(F)F)cc21. The van der Waals surface area contributed by atoms with Crippen molar-refractivity contribution in [3.05, 3.63) is 53.6 Å². The van der Waals surface area contributed by atoms with Crippen LogP contribution in [0.1, 0.15) is 24.0 Å². The molecule has 0 aromatic heterocycles. The zero-order chi connectivity index (χ0) is 24.0. The molecular formula is C23H24F3N3O4. The van der Waals surface area contributed by atoms with Crippen molar-refractivity contribution in [2.75, 3.05) is 33.1 Å². The third-order valence-electron chi connectivity index (χ3n) is 6.10. The lowest BCUT2D eigenvalue weighted by atomic mass is 9.80. The first kappa shape index (κ1) is 22.9. The number of hydrogen-bond donors (Lipinski definition) is 1. The van der Waals surface area contributed by atoms with Crippen molar-refractivity contribution in [1.82, 2.24) is 9.80 Å². The van der Waals surface area contributed by atoms with E-state index in [9.17, 15) is 22.8 Å². The fraction of sp³-hybridized carbons (Fsp3) is 0.391. The van der Waals surface area contributed by atoms with Crippen LogP contribution in [0.3, 0.4) is 0 Å². The van der Waals surface area contributed by atoms with Crippen LogP contribution in [-0.2, 0) is 15.1 Å². The third kappa shape index (κ3) is 3.78. The number of fused-ring (bicyclic) bond motifs is 1. The number of amides is 2. The van der Waals surface area contributed by atoms with Crippen molar-refractivity contribution < 1.29 is 32.2 Å². The molecule has 7 nitrogen and oxygen atoms in total.